The smallest absolute Gasteiger partial charge is 0.303 e. The lowest BCUT2D eigenvalue weighted by Gasteiger charge is -2.29. The topological polar surface area (TPSA) is 101 Å². The Morgan fingerprint density at radius 1 is 1.33 bits per heavy atom. The van der Waals surface area contributed by atoms with Crippen LogP contribution in [0.25, 0.3) is 0 Å². The molecule has 1 aromatic carbocycles. The van der Waals surface area contributed by atoms with E-state index >= 15 is 0 Å². The first-order chi connectivity index (χ1) is 9.89. The van der Waals surface area contributed by atoms with Crippen molar-refractivity contribution in [2.24, 2.45) is 5.73 Å². The van der Waals surface area contributed by atoms with Crippen molar-refractivity contribution in [3.8, 4) is 0 Å². The number of rotatable bonds is 5. The van der Waals surface area contributed by atoms with Gasteiger partial charge in [-0.3, -0.25) is 4.79 Å². The van der Waals surface area contributed by atoms with Crippen LogP contribution < -0.4 is 5.73 Å². The van der Waals surface area contributed by atoms with Crippen molar-refractivity contribution in [1.82, 2.24) is 4.31 Å². The zero-order valence-corrected chi connectivity index (χ0v) is 12.6. The van der Waals surface area contributed by atoms with Crippen molar-refractivity contribution in [1.29, 1.82) is 0 Å². The van der Waals surface area contributed by atoms with E-state index in [4.69, 9.17) is 10.8 Å². The van der Waals surface area contributed by atoms with E-state index in [1.165, 1.54) is 16.4 Å². The van der Waals surface area contributed by atoms with Crippen molar-refractivity contribution in [2.45, 2.75) is 36.6 Å². The largest absolute Gasteiger partial charge is 0.481 e. The molecule has 1 atom stereocenters. The first-order valence-electron chi connectivity index (χ1n) is 6.96. The van der Waals surface area contributed by atoms with Crippen LogP contribution in [0.1, 0.15) is 24.8 Å². The average molecular weight is 312 g/mol. The van der Waals surface area contributed by atoms with E-state index in [1.54, 1.807) is 12.1 Å². The lowest BCUT2D eigenvalue weighted by Crippen LogP contribution is -2.45. The number of hydrogen-bond acceptors (Lipinski definition) is 4. The highest BCUT2D eigenvalue weighted by Crippen LogP contribution is 2.20. The van der Waals surface area contributed by atoms with Gasteiger partial charge in [0.15, 0.2) is 0 Å². The molecule has 1 unspecified atom stereocenters. The predicted octanol–water partition coefficient (Wildman–Crippen LogP) is 0.816. The van der Waals surface area contributed by atoms with Crippen LogP contribution in [0, 0.1) is 0 Å². The van der Waals surface area contributed by atoms with Gasteiger partial charge in [0, 0.05) is 25.6 Å². The highest BCUT2D eigenvalue weighted by atomic mass is 32.2. The molecule has 0 bridgehead atoms. The number of carboxylic acid groups (broad SMARTS) is 1. The number of aryl methyl sites for hydroxylation is 1. The number of sulfonamides is 1. The van der Waals surface area contributed by atoms with Gasteiger partial charge in [-0.05, 0) is 37.0 Å². The first kappa shape index (κ1) is 15.9. The van der Waals surface area contributed by atoms with Crippen LogP contribution in [-0.2, 0) is 21.2 Å². The van der Waals surface area contributed by atoms with Gasteiger partial charge in [0.2, 0.25) is 10.0 Å². The van der Waals surface area contributed by atoms with Crippen LogP contribution in [0.15, 0.2) is 29.2 Å². The fourth-order valence-corrected chi connectivity index (χ4v) is 3.96. The predicted molar refractivity (Wildman–Crippen MR) is 78.4 cm³/mol. The van der Waals surface area contributed by atoms with Crippen molar-refractivity contribution in [3.63, 3.8) is 0 Å². The molecule has 0 saturated carbocycles. The number of benzene rings is 1. The molecule has 1 fully saturated rings. The van der Waals surface area contributed by atoms with E-state index in [9.17, 15) is 13.2 Å². The van der Waals surface area contributed by atoms with E-state index < -0.39 is 16.0 Å². The molecule has 2 rings (SSSR count). The summed E-state index contributed by atoms with van der Waals surface area (Å²) in [6, 6.07) is 6.29. The number of aliphatic carboxylic acids is 1. The Labute approximate surface area is 124 Å². The monoisotopic (exact) mass is 312 g/mol. The third kappa shape index (κ3) is 4.03. The van der Waals surface area contributed by atoms with Gasteiger partial charge < -0.3 is 10.8 Å². The summed E-state index contributed by atoms with van der Waals surface area (Å²) in [6.45, 7) is 0.847. The molecule has 0 aromatic heterocycles. The Kier molecular flexibility index (Phi) is 4.97. The normalized spacial score (nSPS) is 20.3. The number of nitrogens with zero attached hydrogens (tertiary/aromatic N) is 1. The highest BCUT2D eigenvalue weighted by Gasteiger charge is 2.28. The molecule has 1 aliphatic heterocycles. The highest BCUT2D eigenvalue weighted by molar-refractivity contribution is 7.89. The maximum atomic E-state index is 12.5. The van der Waals surface area contributed by atoms with Gasteiger partial charge in [-0.15, -0.1) is 0 Å². The number of nitrogens with two attached hydrogens (primary N) is 1. The molecule has 3 N–H and O–H groups in total. The number of piperidine rings is 1. The van der Waals surface area contributed by atoms with E-state index in [1.807, 2.05) is 0 Å². The maximum Gasteiger partial charge on any atom is 0.303 e. The second-order valence-corrected chi connectivity index (χ2v) is 7.24. The minimum Gasteiger partial charge on any atom is -0.481 e. The molecule has 21 heavy (non-hydrogen) atoms. The molecule has 7 heteroatoms. The Morgan fingerprint density at radius 3 is 2.57 bits per heavy atom. The van der Waals surface area contributed by atoms with E-state index in [0.29, 0.717) is 19.5 Å². The van der Waals surface area contributed by atoms with Gasteiger partial charge in [0.05, 0.1) is 4.90 Å². The van der Waals surface area contributed by atoms with E-state index in [2.05, 4.69) is 0 Å². The van der Waals surface area contributed by atoms with Gasteiger partial charge in [0.1, 0.15) is 0 Å². The summed E-state index contributed by atoms with van der Waals surface area (Å²) in [5.74, 6) is -0.867. The fourth-order valence-electron chi connectivity index (χ4n) is 2.42. The minimum atomic E-state index is -3.51. The van der Waals surface area contributed by atoms with Crippen LogP contribution in [-0.4, -0.2) is 42.9 Å². The van der Waals surface area contributed by atoms with Gasteiger partial charge in [0.25, 0.3) is 0 Å². The molecule has 1 saturated heterocycles. The summed E-state index contributed by atoms with van der Waals surface area (Å²) in [5, 5.41) is 8.64. The van der Waals surface area contributed by atoms with Crippen molar-refractivity contribution >= 4 is 16.0 Å². The Morgan fingerprint density at radius 2 is 2.00 bits per heavy atom. The van der Waals surface area contributed by atoms with Crippen LogP contribution in [0.3, 0.4) is 0 Å². The lowest BCUT2D eigenvalue weighted by atomic mass is 10.1. The molecular weight excluding hydrogens is 292 g/mol. The Hall–Kier alpha value is -1.44. The summed E-state index contributed by atoms with van der Waals surface area (Å²) in [7, 11) is -3.51. The molecule has 0 radical (unpaired) electrons. The molecule has 116 valence electrons. The van der Waals surface area contributed by atoms with Gasteiger partial charge in [-0.2, -0.15) is 4.31 Å². The SMILES string of the molecule is NC1CCCN(S(=O)(=O)c2ccc(CCC(=O)O)cc2)C1. The van der Waals surface area contributed by atoms with Crippen LogP contribution in [0.2, 0.25) is 0 Å². The molecule has 1 aromatic rings. The maximum absolute atomic E-state index is 12.5. The summed E-state index contributed by atoms with van der Waals surface area (Å²) < 4.78 is 26.4. The van der Waals surface area contributed by atoms with Crippen LogP contribution in [0.5, 0.6) is 0 Å². The zero-order chi connectivity index (χ0) is 15.5. The van der Waals surface area contributed by atoms with Gasteiger partial charge in [-0.1, -0.05) is 12.1 Å². The summed E-state index contributed by atoms with van der Waals surface area (Å²) in [5.41, 5.74) is 6.64. The molecule has 1 aliphatic rings. The fraction of sp³-hybridized carbons (Fsp3) is 0.500. The number of hydrogen-bond donors (Lipinski definition) is 2. The third-order valence-electron chi connectivity index (χ3n) is 3.61. The molecule has 0 amide bonds. The number of carbonyl (C=O) groups is 1. The van der Waals surface area contributed by atoms with Crippen LogP contribution in [0.4, 0.5) is 0 Å². The summed E-state index contributed by atoms with van der Waals surface area (Å²) >= 11 is 0. The quantitative estimate of drug-likeness (QED) is 0.838. The summed E-state index contributed by atoms with van der Waals surface area (Å²) in [6.07, 6.45) is 2.05. The first-order valence-corrected chi connectivity index (χ1v) is 8.40. The minimum absolute atomic E-state index is 0.0348. The van der Waals surface area contributed by atoms with Crippen LogP contribution >= 0.6 is 0 Å². The molecular formula is C14H20N2O4S. The Balaban J connectivity index is 2.11. The van der Waals surface area contributed by atoms with Crippen molar-refractivity contribution < 1.29 is 18.3 Å². The second kappa shape index (κ2) is 6.55. The molecule has 6 nitrogen and oxygen atoms in total. The molecule has 0 aliphatic carbocycles. The lowest BCUT2D eigenvalue weighted by molar-refractivity contribution is -0.136. The van der Waals surface area contributed by atoms with Gasteiger partial charge >= 0.3 is 5.97 Å². The zero-order valence-electron chi connectivity index (χ0n) is 11.7. The second-order valence-electron chi connectivity index (χ2n) is 5.30. The van der Waals surface area contributed by atoms with Crippen molar-refractivity contribution in [3.05, 3.63) is 29.8 Å². The average Bonchev–Trinajstić information content (AvgIpc) is 2.45. The van der Waals surface area contributed by atoms with E-state index in [-0.39, 0.29) is 17.4 Å². The third-order valence-corrected chi connectivity index (χ3v) is 5.49. The molecule has 0 spiro atoms. The van der Waals surface area contributed by atoms with Crippen molar-refractivity contribution in [2.75, 3.05) is 13.1 Å². The van der Waals surface area contributed by atoms with Gasteiger partial charge in [-0.25, -0.2) is 8.42 Å². The van der Waals surface area contributed by atoms with E-state index in [0.717, 1.165) is 18.4 Å². The number of carboxylic acids is 1. The Bertz CT molecular complexity index is 598. The molecule has 1 heterocycles. The summed E-state index contributed by atoms with van der Waals surface area (Å²) in [4.78, 5) is 10.8. The standard InChI is InChI=1S/C14H20N2O4S/c15-12-2-1-9-16(10-12)21(19,20)13-6-3-11(4-7-13)5-8-14(17)18/h3-4,6-7,12H,1-2,5,8-10,15H2,(H,17,18).